The van der Waals surface area contributed by atoms with Gasteiger partial charge >= 0.3 is 0 Å². The molecule has 0 saturated carbocycles. The predicted octanol–water partition coefficient (Wildman–Crippen LogP) is 8.86. The average Bonchev–Trinajstić information content (AvgIpc) is 3.07. The number of hydrogen-bond donors (Lipinski definition) is 3. The van der Waals surface area contributed by atoms with Crippen molar-refractivity contribution in [2.45, 2.75) is 59.3 Å². The highest BCUT2D eigenvalue weighted by atomic mass is 32.2. The number of nitrogens with one attached hydrogen (secondary N) is 2. The molecule has 8 nitrogen and oxygen atoms in total. The number of aryl methyl sites for hydroxylation is 3. The summed E-state index contributed by atoms with van der Waals surface area (Å²) < 4.78 is 32.7. The summed E-state index contributed by atoms with van der Waals surface area (Å²) in [6.45, 7) is 12.6. The van der Waals surface area contributed by atoms with Crippen LogP contribution in [-0.4, -0.2) is 37.1 Å². The Labute approximate surface area is 308 Å². The van der Waals surface area contributed by atoms with Gasteiger partial charge in [0.15, 0.2) is 0 Å². The number of quaternary nitrogens is 1. The molecule has 6 N–H and O–H groups in total. The highest BCUT2D eigenvalue weighted by Gasteiger charge is 2.22. The van der Waals surface area contributed by atoms with Crippen molar-refractivity contribution in [2.24, 2.45) is 0 Å². The predicted molar refractivity (Wildman–Crippen MR) is 211 cm³/mol. The molecule has 0 unspecified atom stereocenters. The van der Waals surface area contributed by atoms with Gasteiger partial charge in [0.1, 0.15) is 0 Å². The maximum absolute atomic E-state index is 14.0. The maximum atomic E-state index is 14.0. The number of anilines is 1. The van der Waals surface area contributed by atoms with Crippen molar-refractivity contribution >= 4 is 27.6 Å². The topological polar surface area (TPSA) is 152 Å². The third kappa shape index (κ3) is 10.3. The van der Waals surface area contributed by atoms with Crippen molar-refractivity contribution in [1.29, 1.82) is 0 Å². The Bertz CT molecular complexity index is 2100. The van der Waals surface area contributed by atoms with Crippen molar-refractivity contribution in [3.05, 3.63) is 148 Å². The molecule has 0 saturated heterocycles. The molecule has 272 valence electrons. The average molecular weight is 720 g/mol. The van der Waals surface area contributed by atoms with Crippen LogP contribution < -0.4 is 16.8 Å². The second kappa shape index (κ2) is 16.5. The molecule has 0 spiro atoms. The number of carbonyl (C=O) groups excluding carboxylic acids is 2. The summed E-state index contributed by atoms with van der Waals surface area (Å²) in [4.78, 5) is 26.5. The molecule has 0 aliphatic rings. The lowest BCUT2D eigenvalue weighted by molar-refractivity contribution is -0.117. The highest BCUT2D eigenvalue weighted by Crippen LogP contribution is 2.31. The molecule has 52 heavy (non-hydrogen) atoms. The largest absolute Gasteiger partial charge is 0.748 e. The first-order valence-electron chi connectivity index (χ1n) is 17.1. The Morgan fingerprint density at radius 1 is 0.731 bits per heavy atom. The summed E-state index contributed by atoms with van der Waals surface area (Å²) in [7, 11) is -4.43. The van der Waals surface area contributed by atoms with Gasteiger partial charge in [-0.25, -0.2) is 8.42 Å². The Kier molecular flexibility index (Phi) is 12.6. The lowest BCUT2D eigenvalue weighted by Crippen LogP contribution is -2.29. The fourth-order valence-corrected chi connectivity index (χ4v) is 6.79. The van der Waals surface area contributed by atoms with Crippen LogP contribution in [0.4, 0.5) is 5.69 Å². The quantitative estimate of drug-likeness (QED) is 0.117. The first kappa shape index (κ1) is 39.7. The second-order valence-electron chi connectivity index (χ2n) is 14.3. The van der Waals surface area contributed by atoms with Crippen LogP contribution in [0.25, 0.3) is 22.3 Å². The third-order valence-corrected chi connectivity index (χ3v) is 9.83. The van der Waals surface area contributed by atoms with Gasteiger partial charge in [0.2, 0.25) is 5.91 Å². The molecule has 1 atom stereocenters. The van der Waals surface area contributed by atoms with Crippen molar-refractivity contribution in [3.63, 3.8) is 0 Å². The van der Waals surface area contributed by atoms with Gasteiger partial charge in [-0.2, -0.15) is 0 Å². The van der Waals surface area contributed by atoms with Crippen LogP contribution >= 0.6 is 0 Å². The first-order valence-corrected chi connectivity index (χ1v) is 18.7. The van der Waals surface area contributed by atoms with E-state index in [4.69, 9.17) is 0 Å². The van der Waals surface area contributed by atoms with E-state index in [2.05, 4.69) is 88.6 Å². The molecule has 5 aromatic rings. The minimum Gasteiger partial charge on any atom is -0.748 e. The molecule has 0 fully saturated rings. The number of hydrogen-bond acceptors (Lipinski definition) is 5. The summed E-state index contributed by atoms with van der Waals surface area (Å²) in [6, 6.07) is 35.7. The van der Waals surface area contributed by atoms with E-state index in [0.29, 0.717) is 17.7 Å². The molecular formula is C43H49N3O5S. The lowest BCUT2D eigenvalue weighted by atomic mass is 9.86. The zero-order chi connectivity index (χ0) is 36.9. The summed E-state index contributed by atoms with van der Waals surface area (Å²) in [5.74, 6) is -1.85. The van der Waals surface area contributed by atoms with Crippen molar-refractivity contribution in [3.8, 4) is 22.3 Å². The molecule has 9 heteroatoms. The zero-order valence-electron chi connectivity index (χ0n) is 31.0. The van der Waals surface area contributed by atoms with Crippen LogP contribution in [0.1, 0.15) is 70.4 Å². The minimum atomic E-state index is -4.43. The highest BCUT2D eigenvalue weighted by molar-refractivity contribution is 7.85. The van der Waals surface area contributed by atoms with E-state index in [-0.39, 0.29) is 24.0 Å². The molecule has 2 amide bonds. The summed E-state index contributed by atoms with van der Waals surface area (Å²) >= 11 is 0. The molecule has 0 bridgehead atoms. The molecule has 0 aromatic heterocycles. The number of amides is 2. The number of carbonyl (C=O) groups is 2. The minimum absolute atomic E-state index is 0. The molecule has 0 heterocycles. The Hall–Kier alpha value is -5.09. The molecular weight excluding hydrogens is 671 g/mol. The normalized spacial score (nSPS) is 12.1. The fraction of sp³-hybridized carbons (Fsp3) is 0.256. The van der Waals surface area contributed by atoms with Crippen molar-refractivity contribution < 1.29 is 22.6 Å². The SMILES string of the molecule is Cc1cc(C)c(-c2ccc(NC(=O)[C@H](Cc3ccc(C(=O)NCCS(=O)(=O)[O-])cc3)c3ccc(-c4ccc(C(C)(C)C)cc4)cc3)cc2)c(C)c1.[NH4+]. The van der Waals surface area contributed by atoms with Gasteiger partial charge in [-0.1, -0.05) is 111 Å². The van der Waals surface area contributed by atoms with Crippen molar-refractivity contribution in [1.82, 2.24) is 11.5 Å². The third-order valence-electron chi connectivity index (χ3n) is 9.13. The number of rotatable bonds is 11. The Morgan fingerprint density at radius 3 is 1.77 bits per heavy atom. The van der Waals surface area contributed by atoms with Crippen LogP contribution in [0.3, 0.4) is 0 Å². The summed E-state index contributed by atoms with van der Waals surface area (Å²) in [6.07, 6.45) is 0.377. The smallest absolute Gasteiger partial charge is 0.251 e. The van der Waals surface area contributed by atoms with Crippen LogP contribution in [0.2, 0.25) is 0 Å². The van der Waals surface area contributed by atoms with Gasteiger partial charge < -0.3 is 21.3 Å². The van der Waals surface area contributed by atoms with Gasteiger partial charge in [0.05, 0.1) is 21.8 Å². The van der Waals surface area contributed by atoms with E-state index >= 15 is 0 Å². The lowest BCUT2D eigenvalue weighted by Gasteiger charge is -2.20. The zero-order valence-corrected chi connectivity index (χ0v) is 31.9. The van der Waals surface area contributed by atoms with Gasteiger partial charge in [0.25, 0.3) is 5.91 Å². The monoisotopic (exact) mass is 719 g/mol. The first-order chi connectivity index (χ1) is 24.1. The Morgan fingerprint density at radius 2 is 1.25 bits per heavy atom. The van der Waals surface area contributed by atoms with Gasteiger partial charge in [-0.05, 0) is 107 Å². The van der Waals surface area contributed by atoms with Crippen LogP contribution in [0.15, 0.2) is 109 Å². The van der Waals surface area contributed by atoms with E-state index in [0.717, 1.165) is 27.8 Å². The molecule has 0 aliphatic carbocycles. The van der Waals surface area contributed by atoms with Crippen molar-refractivity contribution in [2.75, 3.05) is 17.6 Å². The van der Waals surface area contributed by atoms with E-state index < -0.39 is 27.7 Å². The van der Waals surface area contributed by atoms with E-state index in [9.17, 15) is 22.6 Å². The summed E-state index contributed by atoms with van der Waals surface area (Å²) in [5.41, 5.74) is 12.1. The fourth-order valence-electron chi connectivity index (χ4n) is 6.44. The second-order valence-corrected chi connectivity index (χ2v) is 15.8. The standard InChI is InChI=1S/C43H46N2O5S.H3N/c1-28-25-29(2)40(30(3)26-28)35-17-21-38(22-18-35)45-42(47)39(27-31-7-9-36(10-8-31)41(46)44-23-24-51(48,49)50)34-13-11-32(12-14-34)33-15-19-37(20-16-33)43(4,5)6;/h7-22,25-26,39H,23-24,27H2,1-6H3,(H,44,46)(H,45,47)(H,48,49,50);1H3/t39-;/m1./s1. The summed E-state index contributed by atoms with van der Waals surface area (Å²) in [5, 5.41) is 5.59. The molecule has 0 aliphatic heterocycles. The number of benzene rings is 5. The van der Waals surface area contributed by atoms with Gasteiger partial charge in [-0.15, -0.1) is 0 Å². The van der Waals surface area contributed by atoms with E-state index in [1.54, 1.807) is 24.3 Å². The van der Waals surface area contributed by atoms with Crippen LogP contribution in [0, 0.1) is 20.8 Å². The molecule has 5 aromatic carbocycles. The molecule has 5 rings (SSSR count). The van der Waals surface area contributed by atoms with E-state index in [1.165, 1.54) is 27.8 Å². The van der Waals surface area contributed by atoms with Gasteiger partial charge in [-0.3, -0.25) is 9.59 Å². The Balaban J connectivity index is 0.00000605. The van der Waals surface area contributed by atoms with Crippen LogP contribution in [-0.2, 0) is 26.7 Å². The van der Waals surface area contributed by atoms with Gasteiger partial charge in [0, 0.05) is 17.8 Å². The molecule has 0 radical (unpaired) electrons. The van der Waals surface area contributed by atoms with E-state index in [1.807, 2.05) is 48.5 Å². The van der Waals surface area contributed by atoms with Crippen LogP contribution in [0.5, 0.6) is 0 Å². The maximum Gasteiger partial charge on any atom is 0.251 e.